The number of nitrogens with zero attached hydrogens (tertiary/aromatic N) is 2. The van der Waals surface area contributed by atoms with E-state index >= 15 is 0 Å². The smallest absolute Gasteiger partial charge is 0.271 e. The number of anilines is 1. The van der Waals surface area contributed by atoms with Crippen LogP contribution in [0.4, 0.5) is 11.4 Å². The highest BCUT2D eigenvalue weighted by molar-refractivity contribution is 9.10. The van der Waals surface area contributed by atoms with Gasteiger partial charge in [0.25, 0.3) is 5.69 Å². The van der Waals surface area contributed by atoms with Gasteiger partial charge in [0.2, 0.25) is 15.9 Å². The molecule has 0 unspecified atom stereocenters. The molecule has 8 nitrogen and oxygen atoms in total. The normalized spacial score (nSPS) is 11.4. The van der Waals surface area contributed by atoms with Crippen LogP contribution in [0.3, 0.4) is 0 Å². The van der Waals surface area contributed by atoms with Crippen molar-refractivity contribution in [3.05, 3.63) is 68.2 Å². The van der Waals surface area contributed by atoms with Gasteiger partial charge in [0.15, 0.2) is 0 Å². The molecule has 0 saturated heterocycles. The molecule has 144 valence electrons. The fourth-order valence-electron chi connectivity index (χ4n) is 2.29. The molecule has 2 aromatic carbocycles. The van der Waals surface area contributed by atoms with Gasteiger partial charge in [-0.2, -0.15) is 4.31 Å². The molecular weight excluding hydrogens is 438 g/mol. The van der Waals surface area contributed by atoms with Crippen LogP contribution < -0.4 is 5.32 Å². The van der Waals surface area contributed by atoms with Gasteiger partial charge in [-0.15, -0.1) is 0 Å². The average Bonchev–Trinajstić information content (AvgIpc) is 2.57. The third kappa shape index (κ3) is 6.12. The first-order chi connectivity index (χ1) is 12.6. The highest BCUT2D eigenvalue weighted by atomic mass is 79.9. The van der Waals surface area contributed by atoms with E-state index in [-0.39, 0.29) is 17.9 Å². The number of hydrogen-bond acceptors (Lipinski definition) is 5. The zero-order valence-corrected chi connectivity index (χ0v) is 17.1. The Kier molecular flexibility index (Phi) is 6.68. The number of nitro groups is 1. The van der Waals surface area contributed by atoms with Crippen LogP contribution in [0.25, 0.3) is 0 Å². The van der Waals surface area contributed by atoms with Crippen molar-refractivity contribution in [2.75, 3.05) is 18.1 Å². The number of hydrogen-bond donors (Lipinski definition) is 1. The number of non-ortho nitro benzene ring substituents is 1. The number of carbonyl (C=O) groups excluding carboxylic acids is 1. The van der Waals surface area contributed by atoms with Gasteiger partial charge in [0.1, 0.15) is 0 Å². The number of nitrogens with one attached hydrogen (secondary N) is 1. The summed E-state index contributed by atoms with van der Waals surface area (Å²) in [5.74, 6) is -0.582. The molecule has 1 amide bonds. The van der Waals surface area contributed by atoms with E-state index in [2.05, 4.69) is 21.2 Å². The summed E-state index contributed by atoms with van der Waals surface area (Å²) in [4.78, 5) is 22.7. The minimum absolute atomic E-state index is 0.0352. The first-order valence-electron chi connectivity index (χ1n) is 7.80. The van der Waals surface area contributed by atoms with Crippen molar-refractivity contribution < 1.29 is 18.1 Å². The summed E-state index contributed by atoms with van der Waals surface area (Å²) in [5, 5.41) is 13.4. The van der Waals surface area contributed by atoms with Crippen LogP contribution in [-0.2, 0) is 21.4 Å². The average molecular weight is 456 g/mol. The molecule has 0 fully saturated rings. The van der Waals surface area contributed by atoms with Crippen LogP contribution in [0.15, 0.2) is 46.9 Å². The first-order valence-corrected chi connectivity index (χ1v) is 10.4. The summed E-state index contributed by atoms with van der Waals surface area (Å²) in [6, 6.07) is 11.2. The Labute approximate surface area is 165 Å². The molecule has 0 aliphatic heterocycles. The molecule has 1 N–H and O–H groups in total. The number of benzene rings is 2. The molecule has 0 aliphatic rings. The van der Waals surface area contributed by atoms with Crippen LogP contribution in [0, 0.1) is 17.0 Å². The minimum Gasteiger partial charge on any atom is -0.324 e. The van der Waals surface area contributed by atoms with E-state index in [1.165, 1.54) is 18.2 Å². The molecule has 0 saturated carbocycles. The fourth-order valence-corrected chi connectivity index (χ4v) is 3.29. The van der Waals surface area contributed by atoms with Gasteiger partial charge in [0.05, 0.1) is 23.4 Å². The lowest BCUT2D eigenvalue weighted by Gasteiger charge is -2.20. The number of rotatable bonds is 7. The van der Waals surface area contributed by atoms with Gasteiger partial charge >= 0.3 is 0 Å². The zero-order valence-electron chi connectivity index (χ0n) is 14.7. The van der Waals surface area contributed by atoms with Crippen LogP contribution >= 0.6 is 15.9 Å². The summed E-state index contributed by atoms with van der Waals surface area (Å²) >= 11 is 3.31. The molecule has 0 radical (unpaired) electrons. The highest BCUT2D eigenvalue weighted by Crippen LogP contribution is 2.22. The first kappa shape index (κ1) is 21.0. The molecule has 0 spiro atoms. The van der Waals surface area contributed by atoms with Crippen LogP contribution in [0.1, 0.15) is 11.1 Å². The second-order valence-corrected chi connectivity index (χ2v) is 8.86. The number of amides is 1. The highest BCUT2D eigenvalue weighted by Gasteiger charge is 2.21. The lowest BCUT2D eigenvalue weighted by atomic mass is 10.2. The summed E-state index contributed by atoms with van der Waals surface area (Å²) < 4.78 is 26.0. The number of aryl methyl sites for hydroxylation is 1. The third-order valence-corrected chi connectivity index (χ3v) is 5.49. The second kappa shape index (κ2) is 8.59. The number of nitro benzene ring substituents is 1. The van der Waals surface area contributed by atoms with Gasteiger partial charge in [-0.05, 0) is 30.2 Å². The van der Waals surface area contributed by atoms with Gasteiger partial charge in [-0.25, -0.2) is 8.42 Å². The molecule has 2 aromatic rings. The van der Waals surface area contributed by atoms with E-state index in [1.54, 1.807) is 31.2 Å². The molecule has 0 aliphatic carbocycles. The third-order valence-electron chi connectivity index (χ3n) is 3.77. The largest absolute Gasteiger partial charge is 0.324 e. The number of sulfonamides is 1. The molecule has 10 heteroatoms. The van der Waals surface area contributed by atoms with Gasteiger partial charge in [-0.3, -0.25) is 14.9 Å². The standard InChI is InChI=1S/C17H18BrN3O5S/c1-12-3-8-15(21(23)24)9-16(12)19-17(22)11-20(27(2,25)26)10-13-4-6-14(18)7-5-13/h3-9H,10-11H2,1-2H3,(H,19,22). The molecule has 0 heterocycles. The number of halogens is 1. The van der Waals surface area contributed by atoms with Gasteiger partial charge < -0.3 is 5.32 Å². The van der Waals surface area contributed by atoms with Crippen molar-refractivity contribution in [1.82, 2.24) is 4.31 Å². The Morgan fingerprint density at radius 2 is 1.85 bits per heavy atom. The Balaban J connectivity index is 2.16. The molecule has 0 atom stereocenters. The Bertz CT molecular complexity index is 961. The van der Waals surface area contributed by atoms with E-state index in [9.17, 15) is 23.3 Å². The molecule has 0 aromatic heterocycles. The van der Waals surface area contributed by atoms with Crippen LogP contribution in [-0.4, -0.2) is 36.4 Å². The quantitative estimate of drug-likeness (QED) is 0.509. The summed E-state index contributed by atoms with van der Waals surface area (Å²) in [6.07, 6.45) is 1.03. The number of carbonyl (C=O) groups is 1. The molecule has 27 heavy (non-hydrogen) atoms. The van der Waals surface area contributed by atoms with E-state index in [0.29, 0.717) is 5.56 Å². The zero-order chi connectivity index (χ0) is 20.2. The van der Waals surface area contributed by atoms with Crippen molar-refractivity contribution in [2.24, 2.45) is 0 Å². The van der Waals surface area contributed by atoms with E-state index in [4.69, 9.17) is 0 Å². The molecule has 2 rings (SSSR count). The van der Waals surface area contributed by atoms with Crippen LogP contribution in [0.2, 0.25) is 0 Å². The Hall–Kier alpha value is -2.30. The Morgan fingerprint density at radius 1 is 1.22 bits per heavy atom. The second-order valence-electron chi connectivity index (χ2n) is 5.96. The van der Waals surface area contributed by atoms with Crippen molar-refractivity contribution >= 4 is 43.2 Å². The van der Waals surface area contributed by atoms with Gasteiger partial charge in [-0.1, -0.05) is 34.1 Å². The lowest BCUT2D eigenvalue weighted by Crippen LogP contribution is -2.37. The maximum absolute atomic E-state index is 12.4. The van der Waals surface area contributed by atoms with Gasteiger partial charge in [0, 0.05) is 23.2 Å². The SMILES string of the molecule is Cc1ccc([N+](=O)[O-])cc1NC(=O)CN(Cc1ccc(Br)cc1)S(C)(=O)=O. The molecular formula is C17H18BrN3O5S. The van der Waals surface area contributed by atoms with E-state index in [0.717, 1.165) is 20.6 Å². The predicted octanol–water partition coefficient (Wildman–Crippen LogP) is 3.07. The van der Waals surface area contributed by atoms with Crippen molar-refractivity contribution in [1.29, 1.82) is 0 Å². The van der Waals surface area contributed by atoms with Crippen molar-refractivity contribution in [2.45, 2.75) is 13.5 Å². The topological polar surface area (TPSA) is 110 Å². The molecule has 0 bridgehead atoms. The van der Waals surface area contributed by atoms with E-state index < -0.39 is 27.4 Å². The predicted molar refractivity (Wildman–Crippen MR) is 106 cm³/mol. The summed E-state index contributed by atoms with van der Waals surface area (Å²) in [6.45, 7) is 1.32. The maximum Gasteiger partial charge on any atom is 0.271 e. The van der Waals surface area contributed by atoms with E-state index in [1.807, 2.05) is 0 Å². The fraction of sp³-hybridized carbons (Fsp3) is 0.235. The minimum atomic E-state index is -3.64. The summed E-state index contributed by atoms with van der Waals surface area (Å²) in [5.41, 5.74) is 1.47. The summed E-state index contributed by atoms with van der Waals surface area (Å²) in [7, 11) is -3.64. The lowest BCUT2D eigenvalue weighted by molar-refractivity contribution is -0.384. The van der Waals surface area contributed by atoms with Crippen molar-refractivity contribution in [3.8, 4) is 0 Å². The van der Waals surface area contributed by atoms with Crippen LogP contribution in [0.5, 0.6) is 0 Å². The maximum atomic E-state index is 12.4. The Morgan fingerprint density at radius 3 is 2.41 bits per heavy atom. The monoisotopic (exact) mass is 455 g/mol. The van der Waals surface area contributed by atoms with Crippen molar-refractivity contribution in [3.63, 3.8) is 0 Å².